The van der Waals surface area contributed by atoms with Crippen molar-refractivity contribution in [2.24, 2.45) is 0 Å². The zero-order chi connectivity index (χ0) is 16.2. The molecule has 1 aliphatic heterocycles. The molecule has 1 aromatic heterocycles. The van der Waals surface area contributed by atoms with Gasteiger partial charge < -0.3 is 9.80 Å². The third kappa shape index (κ3) is 4.67. The van der Waals surface area contributed by atoms with Crippen molar-refractivity contribution >= 4 is 21.7 Å². The fraction of sp³-hybridized carbons (Fsp3) is 0.571. The summed E-state index contributed by atoms with van der Waals surface area (Å²) in [6.45, 7) is 1.15. The summed E-state index contributed by atoms with van der Waals surface area (Å²) in [5, 5.41) is 2.73. The number of carbonyl (C=O) groups excluding carboxylic acids is 1. The zero-order valence-corrected chi connectivity index (χ0v) is 13.7. The lowest BCUT2D eigenvalue weighted by molar-refractivity contribution is 0.186. The van der Waals surface area contributed by atoms with Crippen molar-refractivity contribution in [2.45, 2.75) is 12.5 Å². The molecule has 22 heavy (non-hydrogen) atoms. The highest BCUT2D eigenvalue weighted by Crippen LogP contribution is 2.18. The molecule has 1 unspecified atom stereocenters. The average Bonchev–Trinajstić information content (AvgIpc) is 2.80. The van der Waals surface area contributed by atoms with Crippen LogP contribution in [0, 0.1) is 0 Å². The first-order valence-corrected chi connectivity index (χ1v) is 9.03. The number of nitrogens with zero attached hydrogens (tertiary/aromatic N) is 3. The van der Waals surface area contributed by atoms with Gasteiger partial charge in [-0.25, -0.2) is 18.2 Å². The van der Waals surface area contributed by atoms with Gasteiger partial charge in [0, 0.05) is 25.3 Å². The maximum atomic E-state index is 12.5. The number of urea groups is 1. The van der Waals surface area contributed by atoms with Crippen molar-refractivity contribution in [2.75, 3.05) is 44.0 Å². The van der Waals surface area contributed by atoms with Crippen LogP contribution in [0.3, 0.4) is 0 Å². The fourth-order valence-corrected chi connectivity index (χ4v) is 4.13. The van der Waals surface area contributed by atoms with Crippen molar-refractivity contribution in [1.29, 1.82) is 0 Å². The molecule has 0 spiro atoms. The van der Waals surface area contributed by atoms with E-state index in [9.17, 15) is 13.2 Å². The van der Waals surface area contributed by atoms with Gasteiger partial charge in [-0.1, -0.05) is 6.07 Å². The number of anilines is 1. The molecule has 8 heteroatoms. The Morgan fingerprint density at radius 2 is 2.14 bits per heavy atom. The van der Waals surface area contributed by atoms with Gasteiger partial charge >= 0.3 is 6.03 Å². The van der Waals surface area contributed by atoms with E-state index in [4.69, 9.17) is 0 Å². The van der Waals surface area contributed by atoms with E-state index in [1.54, 1.807) is 29.3 Å². The van der Waals surface area contributed by atoms with Gasteiger partial charge in [-0.05, 0) is 32.6 Å². The molecule has 0 radical (unpaired) electrons. The molecular weight excluding hydrogens is 304 g/mol. The first kappa shape index (κ1) is 16.7. The molecule has 1 aromatic rings. The van der Waals surface area contributed by atoms with Crippen molar-refractivity contribution in [3.8, 4) is 0 Å². The van der Waals surface area contributed by atoms with Crippen LogP contribution in [-0.2, 0) is 9.84 Å². The summed E-state index contributed by atoms with van der Waals surface area (Å²) in [6, 6.07) is 4.68. The number of aromatic nitrogens is 1. The minimum Gasteiger partial charge on any atom is -0.319 e. The molecule has 7 nitrogen and oxygen atoms in total. The molecule has 122 valence electrons. The molecule has 1 N–H and O–H groups in total. The summed E-state index contributed by atoms with van der Waals surface area (Å²) in [4.78, 5) is 20.1. The number of sulfone groups is 1. The third-order valence-corrected chi connectivity index (χ3v) is 5.35. The topological polar surface area (TPSA) is 82.6 Å². The van der Waals surface area contributed by atoms with Crippen LogP contribution in [0.4, 0.5) is 10.6 Å². The molecule has 2 heterocycles. The van der Waals surface area contributed by atoms with Crippen molar-refractivity contribution in [1.82, 2.24) is 14.8 Å². The quantitative estimate of drug-likeness (QED) is 0.860. The number of rotatable bonds is 5. The van der Waals surface area contributed by atoms with Gasteiger partial charge in [-0.3, -0.25) is 5.32 Å². The Morgan fingerprint density at radius 1 is 1.36 bits per heavy atom. The molecule has 0 bridgehead atoms. The van der Waals surface area contributed by atoms with Crippen LogP contribution in [0.1, 0.15) is 6.42 Å². The van der Waals surface area contributed by atoms with Crippen LogP contribution in [0.5, 0.6) is 0 Å². The summed E-state index contributed by atoms with van der Waals surface area (Å²) in [6.07, 6.45) is 2.09. The second-order valence-corrected chi connectivity index (χ2v) is 7.93. The summed E-state index contributed by atoms with van der Waals surface area (Å²) in [5.74, 6) is 0.645. The average molecular weight is 326 g/mol. The van der Waals surface area contributed by atoms with E-state index < -0.39 is 9.84 Å². The minimum atomic E-state index is -3.04. The van der Waals surface area contributed by atoms with E-state index >= 15 is 0 Å². The lowest BCUT2D eigenvalue weighted by Gasteiger charge is -2.29. The highest BCUT2D eigenvalue weighted by Gasteiger charge is 2.34. The second kappa shape index (κ2) is 7.06. The van der Waals surface area contributed by atoms with E-state index in [0.717, 1.165) is 0 Å². The van der Waals surface area contributed by atoms with E-state index in [1.165, 1.54) is 0 Å². The number of hydrogen-bond acceptors (Lipinski definition) is 5. The van der Waals surface area contributed by atoms with E-state index in [2.05, 4.69) is 10.3 Å². The Bertz CT molecular complexity index is 604. The largest absolute Gasteiger partial charge is 0.323 e. The van der Waals surface area contributed by atoms with Crippen LogP contribution in [0.2, 0.25) is 0 Å². The Kier molecular flexibility index (Phi) is 5.36. The van der Waals surface area contributed by atoms with Crippen LogP contribution < -0.4 is 5.32 Å². The van der Waals surface area contributed by atoms with Crippen LogP contribution >= 0.6 is 0 Å². The van der Waals surface area contributed by atoms with Crippen molar-refractivity contribution < 1.29 is 13.2 Å². The summed E-state index contributed by atoms with van der Waals surface area (Å²) in [7, 11) is 0.797. The maximum Gasteiger partial charge on any atom is 0.323 e. The second-order valence-electron chi connectivity index (χ2n) is 5.70. The molecule has 2 amide bonds. The molecule has 1 fully saturated rings. The first-order chi connectivity index (χ1) is 10.4. The van der Waals surface area contributed by atoms with Gasteiger partial charge in [-0.15, -0.1) is 0 Å². The van der Waals surface area contributed by atoms with Gasteiger partial charge in [0.25, 0.3) is 0 Å². The fourth-order valence-electron chi connectivity index (χ4n) is 2.40. The van der Waals surface area contributed by atoms with Crippen molar-refractivity contribution in [3.63, 3.8) is 0 Å². The van der Waals surface area contributed by atoms with Crippen LogP contribution in [0.25, 0.3) is 0 Å². The SMILES string of the molecule is CN(C)CCN(C(=O)Nc1ccccn1)C1CCS(=O)(=O)C1. The Labute approximate surface area is 131 Å². The summed E-state index contributed by atoms with van der Waals surface area (Å²) < 4.78 is 23.4. The lowest BCUT2D eigenvalue weighted by atomic mass is 10.2. The maximum absolute atomic E-state index is 12.5. The normalized spacial score (nSPS) is 20.0. The van der Waals surface area contributed by atoms with Gasteiger partial charge in [0.05, 0.1) is 11.5 Å². The van der Waals surface area contributed by atoms with Crippen LogP contribution in [0.15, 0.2) is 24.4 Å². The predicted molar refractivity (Wildman–Crippen MR) is 85.6 cm³/mol. The number of nitrogens with one attached hydrogen (secondary N) is 1. The number of amides is 2. The molecule has 0 aliphatic carbocycles. The van der Waals surface area contributed by atoms with E-state index in [1.807, 2.05) is 19.0 Å². The number of likely N-dealkylation sites (N-methyl/N-ethyl adjacent to an activating group) is 1. The van der Waals surface area contributed by atoms with E-state index in [-0.39, 0.29) is 23.6 Å². The number of carbonyl (C=O) groups is 1. The Hall–Kier alpha value is -1.67. The van der Waals surface area contributed by atoms with Gasteiger partial charge in [-0.2, -0.15) is 0 Å². The smallest absolute Gasteiger partial charge is 0.319 e. The number of pyridine rings is 1. The standard InChI is InChI=1S/C14H22N4O3S/c1-17(2)8-9-18(12-6-10-22(20,21)11-12)14(19)16-13-5-3-4-7-15-13/h3-5,7,12H,6,8-11H2,1-2H3,(H,15,16,19). The Balaban J connectivity index is 2.08. The summed E-state index contributed by atoms with van der Waals surface area (Å²) >= 11 is 0. The van der Waals surface area contributed by atoms with E-state index in [0.29, 0.717) is 25.3 Å². The van der Waals surface area contributed by atoms with Gasteiger partial charge in [0.2, 0.25) is 0 Å². The summed E-state index contributed by atoms with van der Waals surface area (Å²) in [5.41, 5.74) is 0. The van der Waals surface area contributed by atoms with Gasteiger partial charge in [0.1, 0.15) is 5.82 Å². The first-order valence-electron chi connectivity index (χ1n) is 7.21. The molecule has 0 saturated carbocycles. The number of hydrogen-bond donors (Lipinski definition) is 1. The monoisotopic (exact) mass is 326 g/mol. The van der Waals surface area contributed by atoms with Crippen LogP contribution in [-0.4, -0.2) is 74.0 Å². The third-order valence-electron chi connectivity index (χ3n) is 3.60. The van der Waals surface area contributed by atoms with Gasteiger partial charge in [0.15, 0.2) is 9.84 Å². The molecule has 1 aliphatic rings. The molecule has 1 atom stereocenters. The molecule has 0 aromatic carbocycles. The highest BCUT2D eigenvalue weighted by molar-refractivity contribution is 7.91. The predicted octanol–water partition coefficient (Wildman–Crippen LogP) is 0.664. The molecular formula is C14H22N4O3S. The minimum absolute atomic E-state index is 0.0378. The van der Waals surface area contributed by atoms with Crippen molar-refractivity contribution in [3.05, 3.63) is 24.4 Å². The highest BCUT2D eigenvalue weighted by atomic mass is 32.2. The molecule has 2 rings (SSSR count). The lowest BCUT2D eigenvalue weighted by Crippen LogP contribution is -2.46. The zero-order valence-electron chi connectivity index (χ0n) is 12.9. The molecule has 1 saturated heterocycles. The Morgan fingerprint density at radius 3 is 2.68 bits per heavy atom.